The van der Waals surface area contributed by atoms with Crippen LogP contribution in [0.2, 0.25) is 5.28 Å². The second-order valence-electron chi connectivity index (χ2n) is 14.2. The molecule has 4 aromatic heterocycles. The highest BCUT2D eigenvalue weighted by Crippen LogP contribution is 2.37. The molecule has 0 aliphatic carbocycles. The van der Waals surface area contributed by atoms with E-state index in [0.29, 0.717) is 11.6 Å². The van der Waals surface area contributed by atoms with Crippen molar-refractivity contribution in [2.45, 2.75) is 86.0 Å². The second-order valence-corrected chi connectivity index (χ2v) is 14.5. The second kappa shape index (κ2) is 18.9. The number of imidazole rings is 2. The highest BCUT2D eigenvalue weighted by molar-refractivity contribution is 6.28. The summed E-state index contributed by atoms with van der Waals surface area (Å²) in [4.78, 5) is 61.8. The van der Waals surface area contributed by atoms with Gasteiger partial charge in [0.25, 0.3) is 0 Å². The molecular formula is C43H53ClN12O2. The monoisotopic (exact) mass is 804 g/mol. The quantitative estimate of drug-likeness (QED) is 0.157. The van der Waals surface area contributed by atoms with E-state index in [1.807, 2.05) is 110 Å². The highest BCUT2D eigenvalue weighted by atomic mass is 35.5. The van der Waals surface area contributed by atoms with Crippen LogP contribution in [0.25, 0.3) is 28.7 Å². The SMILES string of the molecule is C.CC[C@@H]1C(=O)N(C)c2cnc(-n3ccnc3-c3ccccc3)nc2N1C(C)C.CC[C@@H]1C(=O)N(C)c2cnc(Cl)nc2N1C(C)C.c1ccc(-c2ncc[nH]2)cc1. The van der Waals surface area contributed by atoms with Crippen molar-refractivity contribution in [3.05, 3.63) is 103 Å². The van der Waals surface area contributed by atoms with Crippen LogP contribution in [0.1, 0.15) is 61.8 Å². The number of benzene rings is 2. The molecule has 6 aromatic rings. The third kappa shape index (κ3) is 8.71. The third-order valence-electron chi connectivity index (χ3n) is 9.89. The fraction of sp³-hybridized carbons (Fsp3) is 0.349. The number of H-pyrrole nitrogens is 1. The Balaban J connectivity index is 0.000000182. The van der Waals surface area contributed by atoms with Crippen molar-refractivity contribution >= 4 is 46.4 Å². The molecular weight excluding hydrogens is 752 g/mol. The molecule has 14 nitrogen and oxygen atoms in total. The van der Waals surface area contributed by atoms with Crippen LogP contribution in [0.5, 0.6) is 0 Å². The van der Waals surface area contributed by atoms with Crippen molar-refractivity contribution in [1.82, 2.24) is 39.5 Å². The number of aromatic amines is 1. The minimum atomic E-state index is -0.225. The van der Waals surface area contributed by atoms with Gasteiger partial charge in [-0.15, -0.1) is 0 Å². The minimum absolute atomic E-state index is 0. The number of anilines is 4. The normalized spacial score (nSPS) is 15.9. The molecule has 58 heavy (non-hydrogen) atoms. The molecule has 6 heterocycles. The van der Waals surface area contributed by atoms with E-state index in [2.05, 4.69) is 48.7 Å². The molecule has 2 aromatic carbocycles. The van der Waals surface area contributed by atoms with Gasteiger partial charge in [0.2, 0.25) is 23.0 Å². The first-order valence-electron chi connectivity index (χ1n) is 19.1. The van der Waals surface area contributed by atoms with Crippen LogP contribution >= 0.6 is 11.6 Å². The summed E-state index contributed by atoms with van der Waals surface area (Å²) in [7, 11) is 3.54. The maximum absolute atomic E-state index is 12.8. The van der Waals surface area contributed by atoms with E-state index >= 15 is 0 Å². The Bertz CT molecular complexity index is 2260. The number of carbonyl (C=O) groups is 2. The molecule has 1 N–H and O–H groups in total. The third-order valence-corrected chi connectivity index (χ3v) is 10.1. The Labute approximate surface area is 346 Å². The first kappa shape index (κ1) is 43.0. The number of fused-ring (bicyclic) bond motifs is 2. The number of nitrogens with one attached hydrogen (secondary N) is 1. The molecule has 2 aliphatic rings. The topological polar surface area (TPSA) is 145 Å². The Hall–Kier alpha value is -6.15. The van der Waals surface area contributed by atoms with Gasteiger partial charge in [0.05, 0.1) is 12.4 Å². The van der Waals surface area contributed by atoms with Gasteiger partial charge in [-0.2, -0.15) is 9.97 Å². The molecule has 8 rings (SSSR count). The van der Waals surface area contributed by atoms with Gasteiger partial charge in [-0.3, -0.25) is 14.2 Å². The molecule has 0 spiro atoms. The largest absolute Gasteiger partial charge is 0.345 e. The van der Waals surface area contributed by atoms with E-state index in [4.69, 9.17) is 16.6 Å². The van der Waals surface area contributed by atoms with E-state index in [9.17, 15) is 9.59 Å². The van der Waals surface area contributed by atoms with Crippen LogP contribution in [-0.2, 0) is 9.59 Å². The molecule has 0 unspecified atom stereocenters. The Morgan fingerprint density at radius 2 is 1.21 bits per heavy atom. The first-order chi connectivity index (χ1) is 27.5. The van der Waals surface area contributed by atoms with E-state index in [-0.39, 0.29) is 48.7 Å². The number of carbonyl (C=O) groups excluding carboxylic acids is 2. The van der Waals surface area contributed by atoms with Gasteiger partial charge >= 0.3 is 0 Å². The zero-order chi connectivity index (χ0) is 40.8. The number of nitrogens with zero attached hydrogens (tertiary/aromatic N) is 11. The summed E-state index contributed by atoms with van der Waals surface area (Å²) in [5, 5.41) is 0.206. The maximum Gasteiger partial charge on any atom is 0.249 e. The van der Waals surface area contributed by atoms with Crippen LogP contribution in [0.15, 0.2) is 97.8 Å². The Morgan fingerprint density at radius 3 is 1.71 bits per heavy atom. The van der Waals surface area contributed by atoms with Crippen LogP contribution in [0.3, 0.4) is 0 Å². The average molecular weight is 805 g/mol. The lowest BCUT2D eigenvalue weighted by Crippen LogP contribution is -2.55. The predicted molar refractivity (Wildman–Crippen MR) is 233 cm³/mol. The summed E-state index contributed by atoms with van der Waals surface area (Å²) in [6, 6.07) is 19.9. The zero-order valence-electron chi connectivity index (χ0n) is 33.6. The van der Waals surface area contributed by atoms with Gasteiger partial charge in [-0.25, -0.2) is 19.9 Å². The van der Waals surface area contributed by atoms with Gasteiger partial charge in [0, 0.05) is 62.1 Å². The van der Waals surface area contributed by atoms with Gasteiger partial charge in [0.1, 0.15) is 35.1 Å². The minimum Gasteiger partial charge on any atom is -0.345 e. The van der Waals surface area contributed by atoms with Crippen LogP contribution in [-0.4, -0.2) is 89.5 Å². The van der Waals surface area contributed by atoms with E-state index in [1.165, 1.54) is 0 Å². The molecule has 2 aliphatic heterocycles. The summed E-state index contributed by atoms with van der Waals surface area (Å²) in [5.41, 5.74) is 3.56. The predicted octanol–water partition coefficient (Wildman–Crippen LogP) is 8.11. The molecule has 0 radical (unpaired) electrons. The molecule has 15 heteroatoms. The lowest BCUT2D eigenvalue weighted by atomic mass is 10.1. The fourth-order valence-electron chi connectivity index (χ4n) is 7.13. The number of hydrogen-bond donors (Lipinski definition) is 1. The summed E-state index contributed by atoms with van der Waals surface area (Å²) in [5.74, 6) is 3.91. The number of likely N-dealkylation sites (N-methyl/N-ethyl adjacent to an activating group) is 2. The smallest absolute Gasteiger partial charge is 0.249 e. The molecule has 0 fully saturated rings. The fourth-order valence-corrected chi connectivity index (χ4v) is 7.26. The molecule has 0 bridgehead atoms. The lowest BCUT2D eigenvalue weighted by Gasteiger charge is -2.42. The number of halogens is 1. The molecule has 2 atom stereocenters. The summed E-state index contributed by atoms with van der Waals surface area (Å²) in [6.07, 6.45) is 12.0. The van der Waals surface area contributed by atoms with Crippen molar-refractivity contribution < 1.29 is 9.59 Å². The van der Waals surface area contributed by atoms with E-state index < -0.39 is 0 Å². The standard InChI is InChI=1S/C21H24N6O.C12H17ClN4O.C9H8N2.CH4/c1-5-16-20(28)25(4)17-13-23-21(24-19(17)27(16)14(2)3)26-12-11-22-18(26)15-9-7-6-8-10-15;1-5-8-11(18)16(4)9-6-14-12(13)15-10(9)17(8)7(2)3;1-2-4-8(5-3-1)9-10-6-7-11-9;/h6-14,16H,5H2,1-4H3;6-8H,5H2,1-4H3;1-7H,(H,10,11);1H4/t16-;8-;;/m11../s1. The Kier molecular flexibility index (Phi) is 14.0. The molecule has 0 saturated heterocycles. The van der Waals surface area contributed by atoms with Crippen molar-refractivity contribution in [3.63, 3.8) is 0 Å². The molecule has 2 amide bonds. The van der Waals surface area contributed by atoms with Crippen molar-refractivity contribution in [2.75, 3.05) is 33.7 Å². The van der Waals surface area contributed by atoms with Gasteiger partial charge < -0.3 is 24.6 Å². The number of rotatable bonds is 7. The summed E-state index contributed by atoms with van der Waals surface area (Å²) < 4.78 is 1.88. The van der Waals surface area contributed by atoms with Crippen molar-refractivity contribution in [2.24, 2.45) is 0 Å². The average Bonchev–Trinajstić information content (AvgIpc) is 3.95. The summed E-state index contributed by atoms with van der Waals surface area (Å²) in [6.45, 7) is 12.3. The number of amides is 2. The summed E-state index contributed by atoms with van der Waals surface area (Å²) >= 11 is 5.87. The van der Waals surface area contributed by atoms with Crippen LogP contribution < -0.4 is 19.6 Å². The Morgan fingerprint density at radius 1 is 0.690 bits per heavy atom. The van der Waals surface area contributed by atoms with Crippen LogP contribution in [0, 0.1) is 0 Å². The molecule has 0 saturated carbocycles. The number of aromatic nitrogens is 8. The van der Waals surface area contributed by atoms with Gasteiger partial charge in [-0.1, -0.05) is 81.9 Å². The van der Waals surface area contributed by atoms with Crippen LogP contribution in [0.4, 0.5) is 23.0 Å². The van der Waals surface area contributed by atoms with E-state index in [1.54, 1.807) is 48.7 Å². The van der Waals surface area contributed by atoms with E-state index in [0.717, 1.165) is 52.9 Å². The zero-order valence-corrected chi connectivity index (χ0v) is 34.3. The van der Waals surface area contributed by atoms with Crippen molar-refractivity contribution in [3.8, 4) is 28.7 Å². The number of hydrogen-bond acceptors (Lipinski definition) is 10. The van der Waals surface area contributed by atoms with Crippen molar-refractivity contribution in [1.29, 1.82) is 0 Å². The maximum atomic E-state index is 12.8. The highest BCUT2D eigenvalue weighted by Gasteiger charge is 2.39. The lowest BCUT2D eigenvalue weighted by molar-refractivity contribution is -0.120. The van der Waals surface area contributed by atoms with Gasteiger partial charge in [-0.05, 0) is 52.1 Å². The molecule has 304 valence electrons. The first-order valence-corrected chi connectivity index (χ1v) is 19.5. The van der Waals surface area contributed by atoms with Gasteiger partial charge in [0.15, 0.2) is 11.6 Å².